The molecule has 0 saturated carbocycles. The summed E-state index contributed by atoms with van der Waals surface area (Å²) in [6, 6.07) is 6.37. The summed E-state index contributed by atoms with van der Waals surface area (Å²) in [5.41, 5.74) is 7.97. The van der Waals surface area contributed by atoms with Crippen LogP contribution in [0.2, 0.25) is 5.02 Å². The highest BCUT2D eigenvalue weighted by Crippen LogP contribution is 2.31. The van der Waals surface area contributed by atoms with E-state index in [-0.39, 0.29) is 5.02 Å². The van der Waals surface area contributed by atoms with Crippen LogP contribution in [0.3, 0.4) is 0 Å². The molecular formula is C13H11BrClFN2. The van der Waals surface area contributed by atoms with E-state index >= 15 is 0 Å². The predicted molar refractivity (Wildman–Crippen MR) is 74.1 cm³/mol. The molecule has 1 unspecified atom stereocenters. The van der Waals surface area contributed by atoms with Crippen LogP contribution in [0.1, 0.15) is 22.9 Å². The van der Waals surface area contributed by atoms with Gasteiger partial charge in [0.1, 0.15) is 5.82 Å². The van der Waals surface area contributed by atoms with Gasteiger partial charge in [0.2, 0.25) is 0 Å². The van der Waals surface area contributed by atoms with Crippen LogP contribution >= 0.6 is 27.5 Å². The number of rotatable bonds is 2. The van der Waals surface area contributed by atoms with Gasteiger partial charge in [0.15, 0.2) is 0 Å². The molecule has 0 bridgehead atoms. The molecule has 1 atom stereocenters. The van der Waals surface area contributed by atoms with Crippen molar-refractivity contribution < 1.29 is 4.39 Å². The lowest BCUT2D eigenvalue weighted by Crippen LogP contribution is -2.16. The van der Waals surface area contributed by atoms with E-state index in [1.807, 2.05) is 19.1 Å². The minimum Gasteiger partial charge on any atom is -0.319 e. The van der Waals surface area contributed by atoms with Gasteiger partial charge in [-0.3, -0.25) is 4.98 Å². The second-order valence-corrected chi connectivity index (χ2v) is 5.18. The van der Waals surface area contributed by atoms with Crippen LogP contribution in [0.4, 0.5) is 4.39 Å². The van der Waals surface area contributed by atoms with Crippen molar-refractivity contribution in [2.24, 2.45) is 5.73 Å². The zero-order valence-electron chi connectivity index (χ0n) is 9.62. The summed E-state index contributed by atoms with van der Waals surface area (Å²) in [5, 5.41) is 0.0385. The topological polar surface area (TPSA) is 38.9 Å². The largest absolute Gasteiger partial charge is 0.319 e. The third-order valence-electron chi connectivity index (χ3n) is 2.74. The van der Waals surface area contributed by atoms with E-state index in [0.717, 1.165) is 5.56 Å². The molecule has 1 heterocycles. The second-order valence-electron chi connectivity index (χ2n) is 3.95. The van der Waals surface area contributed by atoms with E-state index in [9.17, 15) is 4.39 Å². The van der Waals surface area contributed by atoms with Crippen molar-refractivity contribution >= 4 is 27.5 Å². The fourth-order valence-electron chi connectivity index (χ4n) is 1.75. The summed E-state index contributed by atoms with van der Waals surface area (Å²) < 4.78 is 14.6. The maximum absolute atomic E-state index is 14.1. The summed E-state index contributed by atoms with van der Waals surface area (Å²) in [6.07, 6.45) is 1.64. The first-order valence-electron chi connectivity index (χ1n) is 5.33. The zero-order valence-corrected chi connectivity index (χ0v) is 12.0. The zero-order chi connectivity index (χ0) is 13.3. The first-order chi connectivity index (χ1) is 8.52. The lowest BCUT2D eigenvalue weighted by Gasteiger charge is -2.15. The Bertz CT molecular complexity index is 589. The van der Waals surface area contributed by atoms with Crippen LogP contribution in [-0.2, 0) is 0 Å². The van der Waals surface area contributed by atoms with Crippen molar-refractivity contribution in [3.8, 4) is 0 Å². The van der Waals surface area contributed by atoms with Gasteiger partial charge in [0.05, 0.1) is 16.8 Å². The molecule has 18 heavy (non-hydrogen) atoms. The normalized spacial score (nSPS) is 12.5. The van der Waals surface area contributed by atoms with Gasteiger partial charge >= 0.3 is 0 Å². The van der Waals surface area contributed by atoms with Crippen molar-refractivity contribution in [3.63, 3.8) is 0 Å². The first kappa shape index (κ1) is 13.5. The Kier molecular flexibility index (Phi) is 4.00. The lowest BCUT2D eigenvalue weighted by molar-refractivity contribution is 0.596. The number of nitrogens with two attached hydrogens (primary N) is 1. The third kappa shape index (κ3) is 2.41. The third-order valence-corrected chi connectivity index (χ3v) is 4.00. The number of halogens is 3. The van der Waals surface area contributed by atoms with Crippen LogP contribution in [-0.4, -0.2) is 4.98 Å². The monoisotopic (exact) mass is 328 g/mol. The average molecular weight is 330 g/mol. The molecule has 2 nitrogen and oxygen atoms in total. The highest BCUT2D eigenvalue weighted by molar-refractivity contribution is 9.10. The van der Waals surface area contributed by atoms with Gasteiger partial charge < -0.3 is 5.73 Å². The van der Waals surface area contributed by atoms with E-state index in [1.54, 1.807) is 18.3 Å². The molecular weight excluding hydrogens is 319 g/mol. The highest BCUT2D eigenvalue weighted by Gasteiger charge is 2.19. The number of nitrogens with zero attached hydrogens (tertiary/aromatic N) is 1. The van der Waals surface area contributed by atoms with Crippen molar-refractivity contribution in [1.29, 1.82) is 0 Å². The maximum atomic E-state index is 14.1. The molecule has 0 radical (unpaired) electrons. The van der Waals surface area contributed by atoms with Crippen LogP contribution in [0.5, 0.6) is 0 Å². The molecule has 0 aliphatic carbocycles. The number of aryl methyl sites for hydroxylation is 1. The number of hydrogen-bond acceptors (Lipinski definition) is 2. The Hall–Kier alpha value is -0.970. The summed E-state index contributed by atoms with van der Waals surface area (Å²) in [5.74, 6) is -0.511. The minimum absolute atomic E-state index is 0.0385. The summed E-state index contributed by atoms with van der Waals surface area (Å²) >= 11 is 9.03. The fourth-order valence-corrected chi connectivity index (χ4v) is 2.23. The molecule has 5 heteroatoms. The molecule has 2 aromatic rings. The van der Waals surface area contributed by atoms with Gasteiger partial charge in [-0.25, -0.2) is 4.39 Å². The molecule has 0 amide bonds. The molecule has 1 aromatic carbocycles. The Morgan fingerprint density at radius 2 is 2.11 bits per heavy atom. The minimum atomic E-state index is -0.628. The fraction of sp³-hybridized carbons (Fsp3) is 0.154. The van der Waals surface area contributed by atoms with Gasteiger partial charge in [0, 0.05) is 16.2 Å². The Labute approximate surface area is 118 Å². The molecule has 1 aromatic heterocycles. The van der Waals surface area contributed by atoms with Crippen molar-refractivity contribution in [3.05, 3.63) is 62.6 Å². The van der Waals surface area contributed by atoms with Gasteiger partial charge in [-0.1, -0.05) is 23.7 Å². The number of aromatic nitrogens is 1. The quantitative estimate of drug-likeness (QED) is 0.846. The lowest BCUT2D eigenvalue weighted by atomic mass is 10.0. The van der Waals surface area contributed by atoms with Gasteiger partial charge in [-0.05, 0) is 40.5 Å². The molecule has 0 spiro atoms. The summed E-state index contributed by atoms with van der Waals surface area (Å²) in [7, 11) is 0. The van der Waals surface area contributed by atoms with Crippen molar-refractivity contribution in [1.82, 2.24) is 4.98 Å². The van der Waals surface area contributed by atoms with E-state index in [1.165, 1.54) is 0 Å². The van der Waals surface area contributed by atoms with E-state index in [0.29, 0.717) is 15.7 Å². The second kappa shape index (κ2) is 5.34. The molecule has 2 rings (SSSR count). The van der Waals surface area contributed by atoms with Gasteiger partial charge in [-0.2, -0.15) is 0 Å². The van der Waals surface area contributed by atoms with Crippen molar-refractivity contribution in [2.45, 2.75) is 13.0 Å². The Morgan fingerprint density at radius 1 is 1.39 bits per heavy atom. The van der Waals surface area contributed by atoms with E-state index in [4.69, 9.17) is 17.3 Å². The molecule has 2 N–H and O–H groups in total. The molecule has 0 aliphatic rings. The van der Waals surface area contributed by atoms with Crippen LogP contribution in [0.15, 0.2) is 34.9 Å². The van der Waals surface area contributed by atoms with Gasteiger partial charge in [0.25, 0.3) is 0 Å². The first-order valence-corrected chi connectivity index (χ1v) is 6.50. The molecule has 0 fully saturated rings. The van der Waals surface area contributed by atoms with Crippen LogP contribution in [0, 0.1) is 12.7 Å². The summed E-state index contributed by atoms with van der Waals surface area (Å²) in [4.78, 5) is 4.20. The average Bonchev–Trinajstić information content (AvgIpc) is 2.36. The number of hydrogen-bond donors (Lipinski definition) is 1. The van der Waals surface area contributed by atoms with Gasteiger partial charge in [-0.15, -0.1) is 0 Å². The summed E-state index contributed by atoms with van der Waals surface area (Å²) in [6.45, 7) is 1.89. The Morgan fingerprint density at radius 3 is 2.78 bits per heavy atom. The molecule has 0 saturated heterocycles. The van der Waals surface area contributed by atoms with Crippen molar-refractivity contribution in [2.75, 3.05) is 0 Å². The number of pyridine rings is 1. The molecule has 0 aliphatic heterocycles. The number of benzene rings is 1. The van der Waals surface area contributed by atoms with E-state index in [2.05, 4.69) is 20.9 Å². The van der Waals surface area contributed by atoms with Crippen LogP contribution in [0.25, 0.3) is 0 Å². The smallest absolute Gasteiger partial charge is 0.148 e. The van der Waals surface area contributed by atoms with Crippen LogP contribution < -0.4 is 5.73 Å². The standard InChI is InChI=1S/C13H11BrClFN2/c1-7-3-2-6-18-13(7)12(17)8-4-5-9(14)10(15)11(8)16/h2-6,12H,17H2,1H3. The molecule has 94 valence electrons. The maximum Gasteiger partial charge on any atom is 0.148 e. The van der Waals surface area contributed by atoms with E-state index < -0.39 is 11.9 Å². The SMILES string of the molecule is Cc1cccnc1C(N)c1ccc(Br)c(Cl)c1F. The highest BCUT2D eigenvalue weighted by atomic mass is 79.9. The predicted octanol–water partition coefficient (Wildman–Crippen LogP) is 3.99. The Balaban J connectivity index is 2.50.